The van der Waals surface area contributed by atoms with Gasteiger partial charge in [0.2, 0.25) is 0 Å². The molecule has 0 amide bonds. The molecule has 230 valence electrons. The van der Waals surface area contributed by atoms with Crippen LogP contribution in [-0.2, 0) is 0 Å². The molecule has 0 N–H and O–H groups in total. The molecule has 0 fully saturated rings. The molecule has 6 heteroatoms. The summed E-state index contributed by atoms with van der Waals surface area (Å²) < 4.78 is 4.38. The molecule has 9 aromatic rings. The average molecular weight is 637 g/mol. The van der Waals surface area contributed by atoms with Crippen molar-refractivity contribution in [3.05, 3.63) is 163 Å². The maximum Gasteiger partial charge on any atom is 0.0998 e. The summed E-state index contributed by atoms with van der Waals surface area (Å²) in [6.07, 6.45) is 3.70. The van der Waals surface area contributed by atoms with Crippen LogP contribution in [0.15, 0.2) is 146 Å². The van der Waals surface area contributed by atoms with E-state index in [1.807, 2.05) is 85.1 Å². The topological polar surface area (TPSA) is 94.1 Å². The Morgan fingerprint density at radius 2 is 1.16 bits per heavy atom. The number of nitriles is 3. The summed E-state index contributed by atoms with van der Waals surface area (Å²) in [6, 6.07) is 51.2. The first-order valence-corrected chi connectivity index (χ1v) is 16.1. The Balaban J connectivity index is 1.23. The lowest BCUT2D eigenvalue weighted by Crippen LogP contribution is -1.99. The largest absolute Gasteiger partial charge is 0.309 e. The number of benzene rings is 6. The second-order valence-electron chi connectivity index (χ2n) is 12.2. The van der Waals surface area contributed by atoms with Crippen LogP contribution in [0.3, 0.4) is 0 Å². The molecule has 0 saturated heterocycles. The molecule has 9 rings (SSSR count). The number of hydrogen-bond donors (Lipinski definition) is 0. The van der Waals surface area contributed by atoms with Gasteiger partial charge in [-0.25, -0.2) is 0 Å². The molecule has 0 saturated carbocycles. The van der Waals surface area contributed by atoms with Gasteiger partial charge in [0.05, 0.1) is 62.7 Å². The van der Waals surface area contributed by atoms with Gasteiger partial charge in [-0.3, -0.25) is 4.98 Å². The van der Waals surface area contributed by atoms with Crippen molar-refractivity contribution in [2.24, 2.45) is 0 Å². The monoisotopic (exact) mass is 636 g/mol. The minimum absolute atomic E-state index is 0.567. The van der Waals surface area contributed by atoms with Crippen LogP contribution in [0.1, 0.15) is 16.7 Å². The van der Waals surface area contributed by atoms with Gasteiger partial charge in [0.15, 0.2) is 0 Å². The van der Waals surface area contributed by atoms with E-state index >= 15 is 0 Å². The standard InChI is InChI=1S/C44H24N6/c45-24-28-15-17-40-37(20-28)36-16-14-29(25-46)21-43(36)49(40)34-10-4-7-31(23-34)30-6-3-8-32(22-30)44-33(26-47)9-5-13-42(44)50-39-12-2-1-11-35(39)38-27-48-19-18-41(38)50/h1-23,27H. The summed E-state index contributed by atoms with van der Waals surface area (Å²) in [5.41, 5.74) is 11.3. The van der Waals surface area contributed by atoms with Crippen molar-refractivity contribution < 1.29 is 0 Å². The third kappa shape index (κ3) is 4.36. The van der Waals surface area contributed by atoms with E-state index < -0.39 is 0 Å². The van der Waals surface area contributed by atoms with Crippen molar-refractivity contribution in [3.63, 3.8) is 0 Å². The smallest absolute Gasteiger partial charge is 0.0998 e. The van der Waals surface area contributed by atoms with E-state index in [0.717, 1.165) is 77.2 Å². The zero-order chi connectivity index (χ0) is 33.8. The highest BCUT2D eigenvalue weighted by molar-refractivity contribution is 6.11. The Kier molecular flexibility index (Phi) is 6.53. The zero-order valence-electron chi connectivity index (χ0n) is 26.5. The lowest BCUT2D eigenvalue weighted by molar-refractivity contribution is 1.17. The molecule has 50 heavy (non-hydrogen) atoms. The normalized spacial score (nSPS) is 11.1. The van der Waals surface area contributed by atoms with Crippen LogP contribution < -0.4 is 0 Å². The predicted molar refractivity (Wildman–Crippen MR) is 198 cm³/mol. The summed E-state index contributed by atoms with van der Waals surface area (Å²) >= 11 is 0. The van der Waals surface area contributed by atoms with E-state index in [-0.39, 0.29) is 0 Å². The molecule has 0 spiro atoms. The van der Waals surface area contributed by atoms with Crippen LogP contribution in [-0.4, -0.2) is 14.1 Å². The van der Waals surface area contributed by atoms with Crippen molar-refractivity contribution in [3.8, 4) is 51.8 Å². The van der Waals surface area contributed by atoms with Crippen LogP contribution in [0.5, 0.6) is 0 Å². The van der Waals surface area contributed by atoms with Gasteiger partial charge in [-0.05, 0) is 89.5 Å². The van der Waals surface area contributed by atoms with Gasteiger partial charge < -0.3 is 9.13 Å². The average Bonchev–Trinajstić information content (AvgIpc) is 3.69. The summed E-state index contributed by atoms with van der Waals surface area (Å²) in [5.74, 6) is 0. The first-order valence-electron chi connectivity index (χ1n) is 16.1. The maximum atomic E-state index is 10.4. The molecule has 0 unspecified atom stereocenters. The number of aromatic nitrogens is 3. The Morgan fingerprint density at radius 1 is 0.460 bits per heavy atom. The van der Waals surface area contributed by atoms with E-state index in [0.29, 0.717) is 16.7 Å². The molecule has 0 radical (unpaired) electrons. The molecule has 0 aliphatic carbocycles. The number of pyridine rings is 1. The van der Waals surface area contributed by atoms with E-state index in [4.69, 9.17) is 0 Å². The Bertz CT molecular complexity index is 2920. The highest BCUT2D eigenvalue weighted by Gasteiger charge is 2.19. The molecular formula is C44H24N6. The van der Waals surface area contributed by atoms with Crippen molar-refractivity contribution in [2.45, 2.75) is 0 Å². The molecule has 6 aromatic carbocycles. The van der Waals surface area contributed by atoms with Crippen molar-refractivity contribution in [2.75, 3.05) is 0 Å². The van der Waals surface area contributed by atoms with Crippen molar-refractivity contribution in [1.82, 2.24) is 14.1 Å². The maximum absolute atomic E-state index is 10.4. The predicted octanol–water partition coefficient (Wildman–Crippen LogP) is 10.2. The number of rotatable bonds is 4. The van der Waals surface area contributed by atoms with E-state index in [1.54, 1.807) is 6.20 Å². The van der Waals surface area contributed by atoms with Gasteiger partial charge >= 0.3 is 0 Å². The SMILES string of the molecule is N#Cc1ccc2c(c1)c1ccc(C#N)cc1n2-c1cccc(-c2cccc(-c3c(C#N)cccc3-n3c4ccccc4c4cnccc43)c2)c1. The van der Waals surface area contributed by atoms with Gasteiger partial charge in [0.1, 0.15) is 0 Å². The van der Waals surface area contributed by atoms with Crippen molar-refractivity contribution >= 4 is 43.6 Å². The second kappa shape index (κ2) is 11.4. The molecule has 3 aromatic heterocycles. The van der Waals surface area contributed by atoms with Crippen LogP contribution >= 0.6 is 0 Å². The fourth-order valence-electron chi connectivity index (χ4n) is 7.32. The van der Waals surface area contributed by atoms with E-state index in [2.05, 4.69) is 86.9 Å². The fraction of sp³-hybridized carbons (Fsp3) is 0. The van der Waals surface area contributed by atoms with Gasteiger partial charge in [0, 0.05) is 45.2 Å². The first-order chi connectivity index (χ1) is 24.7. The van der Waals surface area contributed by atoms with Crippen LogP contribution in [0.4, 0.5) is 0 Å². The first kappa shape index (κ1) is 28.7. The molecule has 0 aliphatic heterocycles. The fourth-order valence-corrected chi connectivity index (χ4v) is 7.32. The van der Waals surface area contributed by atoms with Crippen LogP contribution in [0.25, 0.3) is 77.2 Å². The number of nitrogens with zero attached hydrogens (tertiary/aromatic N) is 6. The quantitative estimate of drug-likeness (QED) is 0.192. The molecule has 6 nitrogen and oxygen atoms in total. The second-order valence-corrected chi connectivity index (χ2v) is 12.2. The third-order valence-electron chi connectivity index (χ3n) is 9.49. The minimum atomic E-state index is 0.567. The number of hydrogen-bond acceptors (Lipinski definition) is 4. The summed E-state index contributed by atoms with van der Waals surface area (Å²) in [6.45, 7) is 0. The van der Waals surface area contributed by atoms with E-state index in [9.17, 15) is 15.8 Å². The highest BCUT2D eigenvalue weighted by Crippen LogP contribution is 2.39. The summed E-state index contributed by atoms with van der Waals surface area (Å²) in [7, 11) is 0. The van der Waals surface area contributed by atoms with Crippen LogP contribution in [0, 0.1) is 34.0 Å². The minimum Gasteiger partial charge on any atom is -0.309 e. The van der Waals surface area contributed by atoms with Gasteiger partial charge in [-0.15, -0.1) is 0 Å². The van der Waals surface area contributed by atoms with Crippen molar-refractivity contribution in [1.29, 1.82) is 15.8 Å². The lowest BCUT2D eigenvalue weighted by atomic mass is 9.94. The number of fused-ring (bicyclic) bond motifs is 6. The van der Waals surface area contributed by atoms with Gasteiger partial charge in [0.25, 0.3) is 0 Å². The highest BCUT2D eigenvalue weighted by atomic mass is 15.0. The zero-order valence-corrected chi connectivity index (χ0v) is 26.5. The summed E-state index contributed by atoms with van der Waals surface area (Å²) in [4.78, 5) is 4.41. The van der Waals surface area contributed by atoms with Crippen LogP contribution in [0.2, 0.25) is 0 Å². The van der Waals surface area contributed by atoms with E-state index in [1.165, 1.54) is 0 Å². The molecule has 0 aliphatic rings. The van der Waals surface area contributed by atoms with Gasteiger partial charge in [-0.1, -0.05) is 60.7 Å². The third-order valence-corrected chi connectivity index (χ3v) is 9.49. The molecule has 0 bridgehead atoms. The Labute approximate surface area is 287 Å². The van der Waals surface area contributed by atoms with Gasteiger partial charge in [-0.2, -0.15) is 15.8 Å². The molecular weight excluding hydrogens is 613 g/mol. The number of para-hydroxylation sites is 1. The lowest BCUT2D eigenvalue weighted by Gasteiger charge is -2.16. The molecule has 3 heterocycles. The molecule has 0 atom stereocenters. The Hall–Kier alpha value is -7.46. The Morgan fingerprint density at radius 3 is 2.02 bits per heavy atom. The summed E-state index contributed by atoms with van der Waals surface area (Å²) in [5, 5.41) is 33.8.